The van der Waals surface area contributed by atoms with E-state index in [0.29, 0.717) is 16.4 Å². The molecule has 0 aliphatic rings. The van der Waals surface area contributed by atoms with Gasteiger partial charge in [0.2, 0.25) is 0 Å². The summed E-state index contributed by atoms with van der Waals surface area (Å²) in [5.41, 5.74) is -0.253. The third-order valence-electron chi connectivity index (χ3n) is 2.71. The van der Waals surface area contributed by atoms with E-state index in [1.165, 1.54) is 0 Å². The van der Waals surface area contributed by atoms with Crippen LogP contribution in [0, 0.1) is 0 Å². The Hall–Kier alpha value is -0.550. The van der Waals surface area contributed by atoms with Crippen molar-refractivity contribution in [3.63, 3.8) is 0 Å². The molecule has 0 unspecified atom stereocenters. The lowest BCUT2D eigenvalue weighted by molar-refractivity contribution is -0.124. The van der Waals surface area contributed by atoms with Gasteiger partial charge in [0, 0.05) is 10.7 Å². The van der Waals surface area contributed by atoms with Crippen LogP contribution in [-0.2, 0) is 4.79 Å². The molecule has 18 heavy (non-hydrogen) atoms. The molecule has 0 heterocycles. The van der Waals surface area contributed by atoms with E-state index in [9.17, 15) is 4.79 Å². The minimum Gasteiger partial charge on any atom is -0.484 e. The van der Waals surface area contributed by atoms with Crippen molar-refractivity contribution in [2.24, 2.45) is 0 Å². The predicted octanol–water partition coefficient (Wildman–Crippen LogP) is 3.12. The molecular formula is C13H17Br2NO2. The molecule has 0 aliphatic heterocycles. The fourth-order valence-electron chi connectivity index (χ4n) is 1.38. The van der Waals surface area contributed by atoms with Crippen molar-refractivity contribution >= 4 is 37.8 Å². The summed E-state index contributed by atoms with van der Waals surface area (Å²) < 4.78 is 5.40. The molecule has 0 aliphatic carbocycles. The smallest absolute Gasteiger partial charge is 0.258 e. The minimum atomic E-state index is -0.253. The molecule has 1 aromatic rings. The fraction of sp³-hybridized carbons (Fsp3) is 0.462. The summed E-state index contributed by atoms with van der Waals surface area (Å²) in [7, 11) is 0. The van der Waals surface area contributed by atoms with Gasteiger partial charge in [0.05, 0.1) is 5.54 Å². The van der Waals surface area contributed by atoms with Crippen LogP contribution in [0.1, 0.15) is 13.3 Å². The van der Waals surface area contributed by atoms with E-state index in [1.54, 1.807) is 0 Å². The number of amides is 1. The van der Waals surface area contributed by atoms with E-state index in [4.69, 9.17) is 4.74 Å². The number of halogens is 2. The van der Waals surface area contributed by atoms with Gasteiger partial charge in [-0.05, 0) is 18.6 Å². The van der Waals surface area contributed by atoms with Crippen LogP contribution in [0.5, 0.6) is 5.75 Å². The summed E-state index contributed by atoms with van der Waals surface area (Å²) in [4.78, 5) is 11.8. The number of nitrogens with one attached hydrogen (secondary N) is 1. The molecule has 5 heteroatoms. The monoisotopic (exact) mass is 377 g/mol. The van der Waals surface area contributed by atoms with Gasteiger partial charge in [-0.3, -0.25) is 4.79 Å². The first kappa shape index (κ1) is 15.5. The van der Waals surface area contributed by atoms with Crippen molar-refractivity contribution in [2.75, 3.05) is 17.3 Å². The van der Waals surface area contributed by atoms with Gasteiger partial charge in [0.15, 0.2) is 6.61 Å². The van der Waals surface area contributed by atoms with Gasteiger partial charge in [0.1, 0.15) is 5.75 Å². The van der Waals surface area contributed by atoms with Crippen LogP contribution in [0.15, 0.2) is 30.3 Å². The van der Waals surface area contributed by atoms with Gasteiger partial charge in [-0.25, -0.2) is 0 Å². The molecule has 0 saturated heterocycles. The zero-order valence-electron chi connectivity index (χ0n) is 10.3. The molecule has 0 atom stereocenters. The number of benzene rings is 1. The van der Waals surface area contributed by atoms with Gasteiger partial charge in [-0.15, -0.1) is 0 Å². The molecule has 1 rings (SSSR count). The van der Waals surface area contributed by atoms with Crippen molar-refractivity contribution in [1.82, 2.24) is 5.32 Å². The van der Waals surface area contributed by atoms with Gasteiger partial charge < -0.3 is 10.1 Å². The highest BCUT2D eigenvalue weighted by Crippen LogP contribution is 2.17. The average Bonchev–Trinajstić information content (AvgIpc) is 2.44. The lowest BCUT2D eigenvalue weighted by Gasteiger charge is -2.29. The Kier molecular flexibility index (Phi) is 6.71. The standard InChI is InChI=1S/C13H17Br2NO2/c1-2-13(9-14,10-15)16-12(17)8-18-11-6-4-3-5-7-11/h3-7H,2,8-10H2,1H3,(H,16,17). The third kappa shape index (κ3) is 4.61. The van der Waals surface area contributed by atoms with Gasteiger partial charge in [-0.1, -0.05) is 57.0 Å². The highest BCUT2D eigenvalue weighted by molar-refractivity contribution is 9.09. The molecule has 0 fully saturated rings. The Morgan fingerprint density at radius 2 is 1.89 bits per heavy atom. The van der Waals surface area contributed by atoms with E-state index < -0.39 is 0 Å². The number of ether oxygens (including phenoxy) is 1. The van der Waals surface area contributed by atoms with Gasteiger partial charge in [-0.2, -0.15) is 0 Å². The maximum atomic E-state index is 11.8. The lowest BCUT2D eigenvalue weighted by atomic mass is 10.0. The number of alkyl halides is 2. The van der Waals surface area contributed by atoms with Crippen LogP contribution in [-0.4, -0.2) is 28.7 Å². The van der Waals surface area contributed by atoms with Gasteiger partial charge in [0.25, 0.3) is 5.91 Å². The largest absolute Gasteiger partial charge is 0.484 e. The van der Waals surface area contributed by atoms with Crippen molar-refractivity contribution in [2.45, 2.75) is 18.9 Å². The summed E-state index contributed by atoms with van der Waals surface area (Å²) >= 11 is 6.86. The minimum absolute atomic E-state index is 0.0335. The van der Waals surface area contributed by atoms with Crippen LogP contribution in [0.4, 0.5) is 0 Å². The van der Waals surface area contributed by atoms with Crippen molar-refractivity contribution in [3.05, 3.63) is 30.3 Å². The fourth-order valence-corrected chi connectivity index (χ4v) is 3.38. The van der Waals surface area contributed by atoms with Gasteiger partial charge >= 0.3 is 0 Å². The molecular weight excluding hydrogens is 362 g/mol. The summed E-state index contributed by atoms with van der Waals surface area (Å²) in [5, 5.41) is 4.41. The molecule has 0 saturated carbocycles. The summed E-state index contributed by atoms with van der Waals surface area (Å²) in [6, 6.07) is 9.32. The van der Waals surface area contributed by atoms with E-state index in [2.05, 4.69) is 37.2 Å². The maximum Gasteiger partial charge on any atom is 0.258 e. The van der Waals surface area contributed by atoms with Crippen LogP contribution in [0.25, 0.3) is 0 Å². The second-order valence-electron chi connectivity index (χ2n) is 4.05. The lowest BCUT2D eigenvalue weighted by Crippen LogP contribution is -2.52. The first-order valence-electron chi connectivity index (χ1n) is 5.76. The highest BCUT2D eigenvalue weighted by atomic mass is 79.9. The third-order valence-corrected chi connectivity index (χ3v) is 4.85. The Labute approximate surface area is 125 Å². The van der Waals surface area contributed by atoms with Crippen molar-refractivity contribution in [3.8, 4) is 5.75 Å². The summed E-state index contributed by atoms with van der Waals surface area (Å²) in [6.45, 7) is 2.08. The molecule has 1 aromatic carbocycles. The van der Waals surface area contributed by atoms with E-state index >= 15 is 0 Å². The summed E-state index contributed by atoms with van der Waals surface area (Å²) in [6.07, 6.45) is 0.848. The molecule has 0 spiro atoms. The molecule has 0 bridgehead atoms. The number of hydrogen-bond donors (Lipinski definition) is 1. The molecule has 0 aromatic heterocycles. The second-order valence-corrected chi connectivity index (χ2v) is 5.17. The van der Waals surface area contributed by atoms with Crippen molar-refractivity contribution < 1.29 is 9.53 Å². The second kappa shape index (κ2) is 7.79. The zero-order chi connectivity index (χ0) is 13.4. The van der Waals surface area contributed by atoms with E-state index in [-0.39, 0.29) is 18.1 Å². The number of para-hydroxylation sites is 1. The van der Waals surface area contributed by atoms with Crippen molar-refractivity contribution in [1.29, 1.82) is 0 Å². The molecule has 100 valence electrons. The quantitative estimate of drug-likeness (QED) is 0.740. The first-order valence-corrected chi connectivity index (χ1v) is 8.01. The Morgan fingerprint density at radius 1 is 1.28 bits per heavy atom. The number of carbonyl (C=O) groups is 1. The number of carbonyl (C=O) groups excluding carboxylic acids is 1. The Balaban J connectivity index is 2.46. The number of rotatable bonds is 7. The summed E-state index contributed by atoms with van der Waals surface area (Å²) in [5.74, 6) is 0.590. The predicted molar refractivity (Wildman–Crippen MR) is 80.7 cm³/mol. The van der Waals surface area contributed by atoms with Crippen LogP contribution >= 0.6 is 31.9 Å². The highest BCUT2D eigenvalue weighted by Gasteiger charge is 2.27. The topological polar surface area (TPSA) is 38.3 Å². The SMILES string of the molecule is CCC(CBr)(CBr)NC(=O)COc1ccccc1. The van der Waals surface area contributed by atoms with Crippen LogP contribution in [0.3, 0.4) is 0 Å². The van der Waals surface area contributed by atoms with E-state index in [0.717, 1.165) is 6.42 Å². The maximum absolute atomic E-state index is 11.8. The number of hydrogen-bond acceptors (Lipinski definition) is 2. The normalized spacial score (nSPS) is 11.1. The Morgan fingerprint density at radius 3 is 2.39 bits per heavy atom. The van der Waals surface area contributed by atoms with E-state index in [1.807, 2.05) is 37.3 Å². The zero-order valence-corrected chi connectivity index (χ0v) is 13.5. The molecule has 1 amide bonds. The van der Waals surface area contributed by atoms with Crippen LogP contribution in [0.2, 0.25) is 0 Å². The molecule has 3 nitrogen and oxygen atoms in total. The molecule has 0 radical (unpaired) electrons. The Bertz CT molecular complexity index is 358. The average molecular weight is 379 g/mol. The molecule has 1 N–H and O–H groups in total. The first-order chi connectivity index (χ1) is 8.65. The van der Waals surface area contributed by atoms with Crippen LogP contribution < -0.4 is 10.1 Å².